The van der Waals surface area contributed by atoms with Crippen LogP contribution in [-0.4, -0.2) is 56.1 Å². The number of hydrogen-bond donors (Lipinski definition) is 1. The van der Waals surface area contributed by atoms with Crippen LogP contribution in [-0.2, 0) is 26.0 Å². The fraction of sp³-hybridized carbons (Fsp3) is 0.417. The van der Waals surface area contributed by atoms with Crippen LogP contribution in [0.25, 0.3) is 0 Å². The second kappa shape index (κ2) is 10.7. The highest BCUT2D eigenvalue weighted by molar-refractivity contribution is 7.89. The van der Waals surface area contributed by atoms with Crippen molar-refractivity contribution in [3.63, 3.8) is 0 Å². The minimum absolute atomic E-state index is 0.0280. The lowest BCUT2D eigenvalue weighted by Crippen LogP contribution is -2.35. The second-order valence-electron chi connectivity index (χ2n) is 8.27. The van der Waals surface area contributed by atoms with Crippen molar-refractivity contribution in [3.05, 3.63) is 59.7 Å². The van der Waals surface area contributed by atoms with Gasteiger partial charge >= 0.3 is 0 Å². The van der Waals surface area contributed by atoms with Crippen molar-refractivity contribution in [3.8, 4) is 0 Å². The van der Waals surface area contributed by atoms with E-state index in [1.165, 1.54) is 4.90 Å². The number of likely N-dealkylation sites (N-methyl/N-ethyl adjacent to an activating group) is 1. The molecule has 1 N–H and O–H groups in total. The van der Waals surface area contributed by atoms with Gasteiger partial charge in [0.2, 0.25) is 21.8 Å². The van der Waals surface area contributed by atoms with Gasteiger partial charge in [-0.2, -0.15) is 4.31 Å². The predicted octanol–water partition coefficient (Wildman–Crippen LogP) is 3.20. The third-order valence-corrected chi connectivity index (χ3v) is 7.56. The van der Waals surface area contributed by atoms with Crippen LogP contribution in [0, 0.1) is 6.92 Å². The van der Waals surface area contributed by atoms with Crippen LogP contribution in [0.2, 0.25) is 0 Å². The maximum Gasteiger partial charge on any atom is 0.243 e. The van der Waals surface area contributed by atoms with Crippen molar-refractivity contribution in [1.82, 2.24) is 9.21 Å². The molecule has 1 fully saturated rings. The maximum absolute atomic E-state index is 12.7. The molecule has 0 spiro atoms. The highest BCUT2D eigenvalue weighted by Gasteiger charge is 2.25. The molecule has 1 heterocycles. The molecular formula is C24H31N3O4S. The number of aryl methyl sites for hydroxylation is 2. The third-order valence-electron chi connectivity index (χ3n) is 5.65. The summed E-state index contributed by atoms with van der Waals surface area (Å²) < 4.78 is 27.0. The second-order valence-corrected chi connectivity index (χ2v) is 10.2. The summed E-state index contributed by atoms with van der Waals surface area (Å²) in [6, 6.07) is 14.2. The molecule has 1 saturated heterocycles. The lowest BCUT2D eigenvalue weighted by atomic mass is 10.1. The summed E-state index contributed by atoms with van der Waals surface area (Å²) in [6.45, 7) is 3.09. The zero-order chi connectivity index (χ0) is 23.1. The predicted molar refractivity (Wildman–Crippen MR) is 125 cm³/mol. The molecule has 3 rings (SSSR count). The average Bonchev–Trinajstić information content (AvgIpc) is 2.79. The minimum atomic E-state index is -3.45. The number of amides is 2. The van der Waals surface area contributed by atoms with E-state index in [-0.39, 0.29) is 24.8 Å². The van der Waals surface area contributed by atoms with Crippen LogP contribution in [0.3, 0.4) is 0 Å². The first-order valence-corrected chi connectivity index (χ1v) is 12.4. The number of carbonyl (C=O) groups is 2. The number of sulfonamides is 1. The maximum atomic E-state index is 12.7. The van der Waals surface area contributed by atoms with Gasteiger partial charge in [0.15, 0.2) is 0 Å². The van der Waals surface area contributed by atoms with E-state index in [0.29, 0.717) is 30.1 Å². The molecule has 0 aromatic heterocycles. The van der Waals surface area contributed by atoms with Crippen LogP contribution in [0.4, 0.5) is 5.69 Å². The Morgan fingerprint density at radius 2 is 1.59 bits per heavy atom. The molecule has 0 saturated carbocycles. The van der Waals surface area contributed by atoms with E-state index in [1.54, 1.807) is 35.6 Å². The van der Waals surface area contributed by atoms with E-state index in [0.717, 1.165) is 30.4 Å². The molecule has 0 aliphatic carbocycles. The number of anilines is 1. The number of carbonyl (C=O) groups excluding carboxylic acids is 2. The molecule has 32 heavy (non-hydrogen) atoms. The van der Waals surface area contributed by atoms with Crippen molar-refractivity contribution >= 4 is 27.5 Å². The number of nitrogens with zero attached hydrogens (tertiary/aromatic N) is 2. The summed E-state index contributed by atoms with van der Waals surface area (Å²) in [5, 5.41) is 2.78. The lowest BCUT2D eigenvalue weighted by Gasteiger charge is -2.25. The molecule has 8 heteroatoms. The number of benzene rings is 2. The largest absolute Gasteiger partial charge is 0.336 e. The van der Waals surface area contributed by atoms with Crippen LogP contribution in [0.15, 0.2) is 53.4 Å². The summed E-state index contributed by atoms with van der Waals surface area (Å²) in [5.41, 5.74) is 2.68. The Bertz CT molecular complexity index is 1030. The topological polar surface area (TPSA) is 86.8 Å². The molecular weight excluding hydrogens is 426 g/mol. The van der Waals surface area contributed by atoms with E-state index < -0.39 is 10.0 Å². The fourth-order valence-electron chi connectivity index (χ4n) is 3.67. The van der Waals surface area contributed by atoms with Gasteiger partial charge in [-0.25, -0.2) is 8.42 Å². The lowest BCUT2D eigenvalue weighted by molar-refractivity contribution is -0.133. The van der Waals surface area contributed by atoms with Gasteiger partial charge in [0.1, 0.15) is 0 Å². The van der Waals surface area contributed by atoms with Crippen molar-refractivity contribution in [2.24, 2.45) is 0 Å². The van der Waals surface area contributed by atoms with Gasteiger partial charge in [0, 0.05) is 32.2 Å². The molecule has 1 aliphatic rings. The van der Waals surface area contributed by atoms with Crippen molar-refractivity contribution in [2.45, 2.75) is 43.9 Å². The van der Waals surface area contributed by atoms with Crippen LogP contribution >= 0.6 is 0 Å². The number of piperidine rings is 1. The molecule has 2 amide bonds. The molecule has 172 valence electrons. The van der Waals surface area contributed by atoms with Gasteiger partial charge < -0.3 is 10.2 Å². The summed E-state index contributed by atoms with van der Waals surface area (Å²) in [4.78, 5) is 26.3. The fourth-order valence-corrected chi connectivity index (χ4v) is 5.18. The normalized spacial score (nSPS) is 14.7. The van der Waals surface area contributed by atoms with Gasteiger partial charge in [-0.05, 0) is 56.0 Å². The van der Waals surface area contributed by atoms with Gasteiger partial charge in [0.25, 0.3) is 0 Å². The molecule has 2 aromatic rings. The monoisotopic (exact) mass is 457 g/mol. The number of hydrogen-bond acceptors (Lipinski definition) is 4. The first-order valence-electron chi connectivity index (χ1n) is 11.0. The Morgan fingerprint density at radius 3 is 2.22 bits per heavy atom. The van der Waals surface area contributed by atoms with Crippen LogP contribution in [0.5, 0.6) is 0 Å². The first kappa shape index (κ1) is 23.9. The van der Waals surface area contributed by atoms with Crippen molar-refractivity contribution in [2.75, 3.05) is 32.0 Å². The van der Waals surface area contributed by atoms with E-state index in [9.17, 15) is 18.0 Å². The average molecular weight is 458 g/mol. The summed E-state index contributed by atoms with van der Waals surface area (Å²) >= 11 is 0. The zero-order valence-electron chi connectivity index (χ0n) is 18.7. The molecule has 1 aliphatic heterocycles. The number of rotatable bonds is 8. The van der Waals surface area contributed by atoms with Crippen LogP contribution < -0.4 is 5.32 Å². The molecule has 0 unspecified atom stereocenters. The summed E-state index contributed by atoms with van der Waals surface area (Å²) in [5.74, 6) is -0.397. The molecule has 0 radical (unpaired) electrons. The zero-order valence-corrected chi connectivity index (χ0v) is 19.5. The Balaban J connectivity index is 1.48. The SMILES string of the molecule is Cc1ccc(NC(=O)CN(C)C(=O)CCc2ccc(S(=O)(=O)N3CCCCC3)cc2)cc1. The highest BCUT2D eigenvalue weighted by atomic mass is 32.2. The van der Waals surface area contributed by atoms with E-state index in [4.69, 9.17) is 0 Å². The Morgan fingerprint density at radius 1 is 0.969 bits per heavy atom. The first-order chi connectivity index (χ1) is 15.3. The standard InChI is InChI=1S/C24H31N3O4S/c1-19-6-11-21(12-7-19)25-23(28)18-26(2)24(29)15-10-20-8-13-22(14-9-20)32(30,31)27-16-4-3-5-17-27/h6-9,11-14H,3-5,10,15-18H2,1-2H3,(H,25,28). The summed E-state index contributed by atoms with van der Waals surface area (Å²) in [7, 11) is -1.85. The Hall–Kier alpha value is -2.71. The van der Waals surface area contributed by atoms with Crippen LogP contribution in [0.1, 0.15) is 36.8 Å². The van der Waals surface area contributed by atoms with Gasteiger partial charge in [-0.1, -0.05) is 36.2 Å². The summed E-state index contributed by atoms with van der Waals surface area (Å²) in [6.07, 6.45) is 3.59. The number of nitrogens with one attached hydrogen (secondary N) is 1. The van der Waals surface area contributed by atoms with E-state index in [2.05, 4.69) is 5.32 Å². The molecule has 2 aromatic carbocycles. The van der Waals surface area contributed by atoms with Gasteiger partial charge in [-0.3, -0.25) is 9.59 Å². The molecule has 7 nitrogen and oxygen atoms in total. The highest BCUT2D eigenvalue weighted by Crippen LogP contribution is 2.21. The minimum Gasteiger partial charge on any atom is -0.336 e. The quantitative estimate of drug-likeness (QED) is 0.660. The molecule has 0 bridgehead atoms. The Labute approximate surface area is 190 Å². The molecule has 0 atom stereocenters. The van der Waals surface area contributed by atoms with Crippen molar-refractivity contribution < 1.29 is 18.0 Å². The van der Waals surface area contributed by atoms with Gasteiger partial charge in [-0.15, -0.1) is 0 Å². The van der Waals surface area contributed by atoms with E-state index in [1.807, 2.05) is 31.2 Å². The van der Waals surface area contributed by atoms with Crippen molar-refractivity contribution in [1.29, 1.82) is 0 Å². The van der Waals surface area contributed by atoms with E-state index >= 15 is 0 Å². The smallest absolute Gasteiger partial charge is 0.243 e. The van der Waals surface area contributed by atoms with Gasteiger partial charge in [0.05, 0.1) is 11.4 Å². The Kier molecular flexibility index (Phi) is 8.04. The third kappa shape index (κ3) is 6.40.